The Morgan fingerprint density at radius 2 is 2.24 bits per heavy atom. The van der Waals surface area contributed by atoms with Gasteiger partial charge in [0.25, 0.3) is 0 Å². The molecule has 0 fully saturated rings. The number of hydrogen-bond donors (Lipinski definition) is 3. The van der Waals surface area contributed by atoms with Crippen LogP contribution in [0.4, 0.5) is 0 Å². The van der Waals surface area contributed by atoms with Gasteiger partial charge < -0.3 is 20.9 Å². The number of nitrogens with two attached hydrogens (primary N) is 1. The zero-order valence-corrected chi connectivity index (χ0v) is 11.2. The van der Waals surface area contributed by atoms with E-state index in [1.807, 2.05) is 6.92 Å². The molecule has 1 amide bonds. The van der Waals surface area contributed by atoms with Crippen molar-refractivity contribution in [1.82, 2.24) is 5.32 Å². The first-order chi connectivity index (χ1) is 7.87. The van der Waals surface area contributed by atoms with Crippen molar-refractivity contribution in [2.45, 2.75) is 51.2 Å². The van der Waals surface area contributed by atoms with Gasteiger partial charge in [-0.1, -0.05) is 0 Å². The van der Waals surface area contributed by atoms with Crippen LogP contribution in [0.15, 0.2) is 0 Å². The molecular formula is C12H26N2O3. The zero-order chi connectivity index (χ0) is 13.3. The molecule has 2 atom stereocenters. The maximum atomic E-state index is 11.5. The molecule has 0 aromatic rings. The van der Waals surface area contributed by atoms with Crippen LogP contribution in [0.3, 0.4) is 0 Å². The summed E-state index contributed by atoms with van der Waals surface area (Å²) in [7, 11) is 1.59. The highest BCUT2D eigenvalue weighted by molar-refractivity contribution is 5.75. The van der Waals surface area contributed by atoms with Gasteiger partial charge in [0.1, 0.15) is 0 Å². The molecule has 0 radical (unpaired) electrons. The smallest absolute Gasteiger partial charge is 0.220 e. The largest absolute Gasteiger partial charge is 0.388 e. The van der Waals surface area contributed by atoms with Crippen LogP contribution in [-0.2, 0) is 9.53 Å². The van der Waals surface area contributed by atoms with E-state index < -0.39 is 5.60 Å². The summed E-state index contributed by atoms with van der Waals surface area (Å²) in [6.07, 6.45) is 2.59. The molecule has 5 nitrogen and oxygen atoms in total. The third kappa shape index (κ3) is 10.2. The summed E-state index contributed by atoms with van der Waals surface area (Å²) in [5.41, 5.74) is 4.68. The summed E-state index contributed by atoms with van der Waals surface area (Å²) in [5, 5.41) is 12.6. The highest BCUT2D eigenvalue weighted by atomic mass is 16.5. The van der Waals surface area contributed by atoms with Crippen LogP contribution in [-0.4, -0.2) is 42.9 Å². The molecular weight excluding hydrogens is 220 g/mol. The van der Waals surface area contributed by atoms with Gasteiger partial charge in [0.05, 0.1) is 5.60 Å². The molecule has 0 aromatic heterocycles. The minimum absolute atomic E-state index is 0.0386. The van der Waals surface area contributed by atoms with E-state index in [0.29, 0.717) is 19.4 Å². The second kappa shape index (κ2) is 8.44. The van der Waals surface area contributed by atoms with Crippen molar-refractivity contribution < 1.29 is 14.6 Å². The highest BCUT2D eigenvalue weighted by Crippen LogP contribution is 2.07. The molecule has 0 aromatic carbocycles. The highest BCUT2D eigenvalue weighted by Gasteiger charge is 2.20. The van der Waals surface area contributed by atoms with Gasteiger partial charge >= 0.3 is 0 Å². The Labute approximate surface area is 104 Å². The molecule has 2 unspecified atom stereocenters. The Morgan fingerprint density at radius 1 is 1.59 bits per heavy atom. The fourth-order valence-electron chi connectivity index (χ4n) is 1.37. The summed E-state index contributed by atoms with van der Waals surface area (Å²) in [6, 6.07) is 0.132. The molecule has 0 aliphatic carbocycles. The molecule has 0 rings (SSSR count). The molecule has 0 aliphatic heterocycles. The van der Waals surface area contributed by atoms with Crippen LogP contribution < -0.4 is 11.1 Å². The number of rotatable bonds is 9. The van der Waals surface area contributed by atoms with Gasteiger partial charge in [-0.05, 0) is 26.7 Å². The Morgan fingerprint density at radius 3 is 2.76 bits per heavy atom. The van der Waals surface area contributed by atoms with Gasteiger partial charge in [0, 0.05) is 39.1 Å². The van der Waals surface area contributed by atoms with E-state index in [1.54, 1.807) is 14.0 Å². The van der Waals surface area contributed by atoms with E-state index in [9.17, 15) is 9.90 Å². The standard InChI is InChI=1S/C12H26N2O3/c1-10(13)5-4-6-11(15)14-9-12(2,16)7-8-17-3/h10,16H,4-9,13H2,1-3H3,(H,14,15). The number of aliphatic hydroxyl groups is 1. The van der Waals surface area contributed by atoms with Crippen LogP contribution >= 0.6 is 0 Å². The minimum Gasteiger partial charge on any atom is -0.388 e. The van der Waals surface area contributed by atoms with Gasteiger partial charge in [-0.15, -0.1) is 0 Å². The fourth-order valence-corrected chi connectivity index (χ4v) is 1.37. The number of ether oxygens (including phenoxy) is 1. The van der Waals surface area contributed by atoms with Crippen LogP contribution in [0, 0.1) is 0 Å². The predicted octanol–water partition coefficient (Wildman–Crippen LogP) is 0.408. The summed E-state index contributed by atoms with van der Waals surface area (Å²) >= 11 is 0. The maximum Gasteiger partial charge on any atom is 0.220 e. The van der Waals surface area contributed by atoms with E-state index >= 15 is 0 Å². The predicted molar refractivity (Wildman–Crippen MR) is 67.6 cm³/mol. The Balaban J connectivity index is 3.67. The summed E-state index contributed by atoms with van der Waals surface area (Å²) in [5.74, 6) is -0.0386. The van der Waals surface area contributed by atoms with Crippen LogP contribution in [0.5, 0.6) is 0 Å². The average molecular weight is 246 g/mol. The number of carbonyl (C=O) groups is 1. The zero-order valence-electron chi connectivity index (χ0n) is 11.2. The molecule has 4 N–H and O–H groups in total. The monoisotopic (exact) mass is 246 g/mol. The first-order valence-corrected chi connectivity index (χ1v) is 6.11. The van der Waals surface area contributed by atoms with Crippen molar-refractivity contribution in [1.29, 1.82) is 0 Å². The Kier molecular flexibility index (Phi) is 8.12. The molecule has 0 spiro atoms. The van der Waals surface area contributed by atoms with Crippen molar-refractivity contribution in [3.8, 4) is 0 Å². The lowest BCUT2D eigenvalue weighted by Gasteiger charge is -2.23. The molecule has 0 aliphatic rings. The Hall–Kier alpha value is -0.650. The fraction of sp³-hybridized carbons (Fsp3) is 0.917. The normalized spacial score (nSPS) is 16.3. The van der Waals surface area contributed by atoms with E-state index in [1.165, 1.54) is 0 Å². The van der Waals surface area contributed by atoms with Crippen LogP contribution in [0.1, 0.15) is 39.5 Å². The van der Waals surface area contributed by atoms with Crippen molar-refractivity contribution in [3.63, 3.8) is 0 Å². The van der Waals surface area contributed by atoms with Gasteiger partial charge in [-0.2, -0.15) is 0 Å². The Bertz CT molecular complexity index is 218. The van der Waals surface area contributed by atoms with Crippen molar-refractivity contribution in [2.24, 2.45) is 5.73 Å². The lowest BCUT2D eigenvalue weighted by atomic mass is 10.0. The van der Waals surface area contributed by atoms with Crippen molar-refractivity contribution in [2.75, 3.05) is 20.3 Å². The van der Waals surface area contributed by atoms with Crippen LogP contribution in [0.25, 0.3) is 0 Å². The van der Waals surface area contributed by atoms with E-state index in [0.717, 1.165) is 12.8 Å². The van der Waals surface area contributed by atoms with Gasteiger partial charge in [-0.25, -0.2) is 0 Å². The molecule has 0 heterocycles. The van der Waals surface area contributed by atoms with Gasteiger partial charge in [0.2, 0.25) is 5.91 Å². The van der Waals surface area contributed by atoms with Crippen LogP contribution in [0.2, 0.25) is 0 Å². The maximum absolute atomic E-state index is 11.5. The molecule has 17 heavy (non-hydrogen) atoms. The van der Waals surface area contributed by atoms with E-state index in [-0.39, 0.29) is 18.5 Å². The first-order valence-electron chi connectivity index (χ1n) is 6.11. The summed E-state index contributed by atoms with van der Waals surface area (Å²) < 4.78 is 4.89. The first kappa shape index (κ1) is 16.4. The van der Waals surface area contributed by atoms with E-state index in [2.05, 4.69) is 5.32 Å². The number of nitrogens with one attached hydrogen (secondary N) is 1. The van der Waals surface area contributed by atoms with Gasteiger partial charge in [-0.3, -0.25) is 4.79 Å². The SMILES string of the molecule is COCCC(C)(O)CNC(=O)CCCC(C)N. The number of amides is 1. The lowest BCUT2D eigenvalue weighted by molar-refractivity contribution is -0.122. The van der Waals surface area contributed by atoms with Gasteiger partial charge in [0.15, 0.2) is 0 Å². The lowest BCUT2D eigenvalue weighted by Crippen LogP contribution is -2.41. The molecule has 0 bridgehead atoms. The minimum atomic E-state index is -0.910. The summed E-state index contributed by atoms with van der Waals surface area (Å²) in [4.78, 5) is 11.5. The molecule has 102 valence electrons. The average Bonchev–Trinajstić information content (AvgIpc) is 2.23. The topological polar surface area (TPSA) is 84.6 Å². The number of carbonyl (C=O) groups excluding carboxylic acids is 1. The number of methoxy groups -OCH3 is 1. The third-order valence-electron chi connectivity index (χ3n) is 2.57. The van der Waals surface area contributed by atoms with E-state index in [4.69, 9.17) is 10.5 Å². The summed E-state index contributed by atoms with van der Waals surface area (Å²) in [6.45, 7) is 4.35. The number of hydrogen-bond acceptors (Lipinski definition) is 4. The quantitative estimate of drug-likeness (QED) is 0.550. The molecule has 0 saturated carbocycles. The van der Waals surface area contributed by atoms with Crippen molar-refractivity contribution in [3.05, 3.63) is 0 Å². The second-order valence-corrected chi connectivity index (χ2v) is 4.89. The molecule has 5 heteroatoms. The van der Waals surface area contributed by atoms with Crippen molar-refractivity contribution >= 4 is 5.91 Å². The molecule has 0 saturated heterocycles. The third-order valence-corrected chi connectivity index (χ3v) is 2.57. The second-order valence-electron chi connectivity index (χ2n) is 4.89.